The third kappa shape index (κ3) is 3.82. The van der Waals surface area contributed by atoms with Crippen LogP contribution in [-0.2, 0) is 16.1 Å². The van der Waals surface area contributed by atoms with E-state index in [0.717, 1.165) is 32.5 Å². The second kappa shape index (κ2) is 7.06. The predicted molar refractivity (Wildman–Crippen MR) is 75.8 cm³/mol. The van der Waals surface area contributed by atoms with Gasteiger partial charge in [0.1, 0.15) is 0 Å². The van der Waals surface area contributed by atoms with E-state index in [-0.39, 0.29) is 11.9 Å². The van der Waals surface area contributed by atoms with Gasteiger partial charge in [0.25, 0.3) is 0 Å². The van der Waals surface area contributed by atoms with Gasteiger partial charge in [0, 0.05) is 6.54 Å². The second-order valence-corrected chi connectivity index (χ2v) is 5.11. The molecule has 1 aromatic carbocycles. The maximum atomic E-state index is 11.7. The Morgan fingerprint density at radius 3 is 2.55 bits per heavy atom. The summed E-state index contributed by atoms with van der Waals surface area (Å²) in [5.74, 6) is 0.0117. The summed E-state index contributed by atoms with van der Waals surface area (Å²) in [4.78, 5) is 14.0. The highest BCUT2D eigenvalue weighted by atomic mass is 16.5. The quantitative estimate of drug-likeness (QED) is 0.789. The Bertz CT molecular complexity index is 482. The fourth-order valence-electron chi connectivity index (χ4n) is 2.53. The van der Waals surface area contributed by atoms with Crippen LogP contribution in [-0.4, -0.2) is 30.6 Å². The number of hydrogen-bond donors (Lipinski definition) is 0. The predicted octanol–water partition coefficient (Wildman–Crippen LogP) is 2.33. The molecule has 0 bridgehead atoms. The lowest BCUT2D eigenvalue weighted by Gasteiger charge is -2.30. The van der Waals surface area contributed by atoms with Gasteiger partial charge in [-0.15, -0.1) is 0 Å². The summed E-state index contributed by atoms with van der Waals surface area (Å²) in [7, 11) is 0. The van der Waals surface area contributed by atoms with E-state index in [4.69, 9.17) is 10.00 Å². The van der Waals surface area contributed by atoms with E-state index < -0.39 is 0 Å². The standard InChI is InChI=1S/C16H20N2O2/c1-2-20-16(19)15-7-9-18(10-8-15)12-14-5-3-13(11-17)4-6-14/h3-6,15H,2,7-10,12H2,1H3. The van der Waals surface area contributed by atoms with Gasteiger partial charge in [0.15, 0.2) is 0 Å². The first-order valence-corrected chi connectivity index (χ1v) is 7.11. The van der Waals surface area contributed by atoms with Gasteiger partial charge < -0.3 is 4.74 Å². The minimum Gasteiger partial charge on any atom is -0.466 e. The van der Waals surface area contributed by atoms with Crippen molar-refractivity contribution in [1.29, 1.82) is 5.26 Å². The molecule has 106 valence electrons. The number of nitriles is 1. The van der Waals surface area contributed by atoms with Crippen LogP contribution in [0.5, 0.6) is 0 Å². The number of benzene rings is 1. The lowest BCUT2D eigenvalue weighted by atomic mass is 9.96. The molecule has 1 aliphatic heterocycles. The van der Waals surface area contributed by atoms with Crippen LogP contribution in [0.2, 0.25) is 0 Å². The molecule has 4 heteroatoms. The third-order valence-electron chi connectivity index (χ3n) is 3.70. The number of carbonyl (C=O) groups is 1. The lowest BCUT2D eigenvalue weighted by molar-refractivity contribution is -0.149. The van der Waals surface area contributed by atoms with Crippen LogP contribution in [0.15, 0.2) is 24.3 Å². The van der Waals surface area contributed by atoms with Gasteiger partial charge in [0.2, 0.25) is 0 Å². The summed E-state index contributed by atoms with van der Waals surface area (Å²) in [5.41, 5.74) is 1.90. The summed E-state index contributed by atoms with van der Waals surface area (Å²) in [6.07, 6.45) is 1.74. The largest absolute Gasteiger partial charge is 0.466 e. The van der Waals surface area contributed by atoms with Crippen molar-refractivity contribution in [1.82, 2.24) is 4.90 Å². The highest BCUT2D eigenvalue weighted by Gasteiger charge is 2.25. The first-order chi connectivity index (χ1) is 9.72. The topological polar surface area (TPSA) is 53.3 Å². The molecule has 0 saturated carbocycles. The fourth-order valence-corrected chi connectivity index (χ4v) is 2.53. The van der Waals surface area contributed by atoms with E-state index in [9.17, 15) is 4.79 Å². The van der Waals surface area contributed by atoms with Crippen LogP contribution in [0, 0.1) is 17.2 Å². The molecular weight excluding hydrogens is 252 g/mol. The minimum atomic E-state index is -0.0504. The van der Waals surface area contributed by atoms with Crippen LogP contribution in [0.3, 0.4) is 0 Å². The maximum absolute atomic E-state index is 11.7. The van der Waals surface area contributed by atoms with Crippen molar-refractivity contribution in [2.45, 2.75) is 26.3 Å². The van der Waals surface area contributed by atoms with Crippen molar-refractivity contribution in [3.8, 4) is 6.07 Å². The van der Waals surface area contributed by atoms with E-state index in [1.165, 1.54) is 5.56 Å². The Labute approximate surface area is 120 Å². The number of carbonyl (C=O) groups excluding carboxylic acids is 1. The zero-order valence-electron chi connectivity index (χ0n) is 11.8. The first-order valence-electron chi connectivity index (χ1n) is 7.11. The third-order valence-corrected chi connectivity index (χ3v) is 3.70. The molecule has 0 radical (unpaired) electrons. The Morgan fingerprint density at radius 1 is 1.35 bits per heavy atom. The Hall–Kier alpha value is -1.86. The summed E-state index contributed by atoms with van der Waals surface area (Å²) in [5, 5.41) is 8.77. The molecule has 0 amide bonds. The zero-order valence-corrected chi connectivity index (χ0v) is 11.8. The van der Waals surface area contributed by atoms with Crippen LogP contribution in [0.25, 0.3) is 0 Å². The minimum absolute atomic E-state index is 0.0504. The van der Waals surface area contributed by atoms with Crippen molar-refractivity contribution < 1.29 is 9.53 Å². The second-order valence-electron chi connectivity index (χ2n) is 5.11. The van der Waals surface area contributed by atoms with E-state index >= 15 is 0 Å². The molecule has 1 aromatic rings. The van der Waals surface area contributed by atoms with Gasteiger partial charge in [-0.3, -0.25) is 9.69 Å². The molecule has 0 unspecified atom stereocenters. The monoisotopic (exact) mass is 272 g/mol. The molecule has 4 nitrogen and oxygen atoms in total. The number of esters is 1. The molecule has 1 saturated heterocycles. The van der Waals surface area contributed by atoms with E-state index in [0.29, 0.717) is 12.2 Å². The molecule has 0 N–H and O–H groups in total. The number of ether oxygens (including phenoxy) is 1. The van der Waals surface area contributed by atoms with Crippen molar-refractivity contribution >= 4 is 5.97 Å². The average molecular weight is 272 g/mol. The number of nitrogens with zero attached hydrogens (tertiary/aromatic N) is 2. The number of rotatable bonds is 4. The van der Waals surface area contributed by atoms with Gasteiger partial charge in [-0.05, 0) is 50.6 Å². The van der Waals surface area contributed by atoms with Gasteiger partial charge in [0.05, 0.1) is 24.2 Å². The summed E-state index contributed by atoms with van der Waals surface area (Å²) in [6.45, 7) is 5.02. The Balaban J connectivity index is 1.82. The maximum Gasteiger partial charge on any atom is 0.309 e. The summed E-state index contributed by atoms with van der Waals surface area (Å²) < 4.78 is 5.07. The number of hydrogen-bond acceptors (Lipinski definition) is 4. The highest BCUT2D eigenvalue weighted by molar-refractivity contribution is 5.72. The molecule has 1 aliphatic rings. The molecule has 0 aromatic heterocycles. The van der Waals surface area contributed by atoms with E-state index in [1.807, 2.05) is 31.2 Å². The molecule has 0 aliphatic carbocycles. The molecular formula is C16H20N2O2. The number of likely N-dealkylation sites (tertiary alicyclic amines) is 1. The van der Waals surface area contributed by atoms with E-state index in [2.05, 4.69) is 11.0 Å². The Morgan fingerprint density at radius 2 is 2.00 bits per heavy atom. The van der Waals surface area contributed by atoms with Gasteiger partial charge in [-0.25, -0.2) is 0 Å². The van der Waals surface area contributed by atoms with Gasteiger partial charge in [-0.1, -0.05) is 12.1 Å². The zero-order chi connectivity index (χ0) is 14.4. The molecule has 20 heavy (non-hydrogen) atoms. The molecule has 0 atom stereocenters. The van der Waals surface area contributed by atoms with Crippen molar-refractivity contribution in [3.05, 3.63) is 35.4 Å². The molecule has 2 rings (SSSR count). The Kier molecular flexibility index (Phi) is 5.14. The van der Waals surface area contributed by atoms with Crippen LogP contribution < -0.4 is 0 Å². The van der Waals surface area contributed by atoms with E-state index in [1.54, 1.807) is 0 Å². The first kappa shape index (κ1) is 14.5. The summed E-state index contributed by atoms with van der Waals surface area (Å²) in [6, 6.07) is 9.81. The van der Waals surface area contributed by atoms with Crippen LogP contribution in [0.4, 0.5) is 0 Å². The molecule has 1 heterocycles. The van der Waals surface area contributed by atoms with Crippen LogP contribution >= 0.6 is 0 Å². The summed E-state index contributed by atoms with van der Waals surface area (Å²) >= 11 is 0. The highest BCUT2D eigenvalue weighted by Crippen LogP contribution is 2.20. The SMILES string of the molecule is CCOC(=O)C1CCN(Cc2ccc(C#N)cc2)CC1. The van der Waals surface area contributed by atoms with Crippen LogP contribution in [0.1, 0.15) is 30.9 Å². The van der Waals surface area contributed by atoms with Crippen molar-refractivity contribution in [2.75, 3.05) is 19.7 Å². The lowest BCUT2D eigenvalue weighted by Crippen LogP contribution is -2.36. The fraction of sp³-hybridized carbons (Fsp3) is 0.500. The molecule has 1 fully saturated rings. The number of piperidine rings is 1. The smallest absolute Gasteiger partial charge is 0.309 e. The van der Waals surface area contributed by atoms with Gasteiger partial charge >= 0.3 is 5.97 Å². The molecule has 0 spiro atoms. The average Bonchev–Trinajstić information content (AvgIpc) is 2.49. The van der Waals surface area contributed by atoms with Gasteiger partial charge in [-0.2, -0.15) is 5.26 Å². The van der Waals surface area contributed by atoms with Crippen molar-refractivity contribution in [3.63, 3.8) is 0 Å². The normalized spacial score (nSPS) is 16.6. The van der Waals surface area contributed by atoms with Crippen molar-refractivity contribution in [2.24, 2.45) is 5.92 Å².